The second kappa shape index (κ2) is 7.93. The van der Waals surface area contributed by atoms with Crippen molar-refractivity contribution in [3.63, 3.8) is 0 Å². The van der Waals surface area contributed by atoms with Crippen LogP contribution in [0.1, 0.15) is 40.9 Å². The van der Waals surface area contributed by atoms with Gasteiger partial charge in [0.1, 0.15) is 11.9 Å². The fourth-order valence-electron chi connectivity index (χ4n) is 4.25. The molecular formula is C21H17F4N5O2S. The van der Waals surface area contributed by atoms with Crippen molar-refractivity contribution in [3.8, 4) is 6.07 Å². The number of anilines is 2. The summed E-state index contributed by atoms with van der Waals surface area (Å²) >= 11 is 5.52. The third kappa shape index (κ3) is 3.48. The van der Waals surface area contributed by atoms with Gasteiger partial charge in [0, 0.05) is 12.7 Å². The van der Waals surface area contributed by atoms with Crippen molar-refractivity contribution in [2.24, 2.45) is 0 Å². The highest BCUT2D eigenvalue weighted by Crippen LogP contribution is 2.50. The van der Waals surface area contributed by atoms with Gasteiger partial charge in [0.15, 0.2) is 17.0 Å². The van der Waals surface area contributed by atoms with Crippen LogP contribution in [0.4, 0.5) is 28.9 Å². The number of rotatable bonds is 3. The summed E-state index contributed by atoms with van der Waals surface area (Å²) in [5.74, 6) is -1.43. The molecule has 1 aliphatic carbocycles. The van der Waals surface area contributed by atoms with Crippen molar-refractivity contribution in [3.05, 3.63) is 53.1 Å². The molecule has 4 rings (SSSR count). The fourth-order valence-corrected chi connectivity index (χ4v) is 4.74. The van der Waals surface area contributed by atoms with Gasteiger partial charge in [0.25, 0.3) is 5.91 Å². The lowest BCUT2D eigenvalue weighted by Crippen LogP contribution is -2.57. The number of aliphatic hydroxyl groups is 1. The normalized spacial score (nSPS) is 19.4. The second-order valence-electron chi connectivity index (χ2n) is 7.76. The van der Waals surface area contributed by atoms with Gasteiger partial charge in [-0.05, 0) is 55.7 Å². The molecule has 1 amide bonds. The number of benzene rings is 1. The Kier molecular flexibility index (Phi) is 5.50. The Morgan fingerprint density at radius 3 is 2.55 bits per heavy atom. The summed E-state index contributed by atoms with van der Waals surface area (Å²) < 4.78 is 55.0. The highest BCUT2D eigenvalue weighted by molar-refractivity contribution is 7.80. The summed E-state index contributed by atoms with van der Waals surface area (Å²) in [6, 6.07) is 5.97. The van der Waals surface area contributed by atoms with E-state index in [1.54, 1.807) is 0 Å². The van der Waals surface area contributed by atoms with Crippen molar-refractivity contribution >= 4 is 34.6 Å². The number of carbonyl (C=O) groups is 1. The molecule has 1 unspecified atom stereocenters. The van der Waals surface area contributed by atoms with Crippen LogP contribution >= 0.6 is 12.2 Å². The van der Waals surface area contributed by atoms with E-state index in [0.29, 0.717) is 18.9 Å². The maximum Gasteiger partial charge on any atom is 0.419 e. The van der Waals surface area contributed by atoms with Crippen LogP contribution in [0.15, 0.2) is 30.5 Å². The van der Waals surface area contributed by atoms with Crippen LogP contribution in [0.3, 0.4) is 0 Å². The highest BCUT2D eigenvalue weighted by Gasteiger charge is 2.59. The maximum atomic E-state index is 14.7. The number of nitriles is 1. The molecule has 2 N–H and O–H groups in total. The molecule has 1 spiro atoms. The molecule has 1 atom stereocenters. The minimum Gasteiger partial charge on any atom is -0.371 e. The Bertz CT molecular complexity index is 1190. The average molecular weight is 479 g/mol. The molecule has 1 saturated heterocycles. The first-order chi connectivity index (χ1) is 15.5. The van der Waals surface area contributed by atoms with Crippen LogP contribution in [0, 0.1) is 17.1 Å². The molecule has 2 aliphatic rings. The van der Waals surface area contributed by atoms with E-state index in [1.807, 2.05) is 0 Å². The molecule has 0 radical (unpaired) electrons. The van der Waals surface area contributed by atoms with E-state index in [4.69, 9.17) is 17.5 Å². The third-order valence-electron chi connectivity index (χ3n) is 6.03. The summed E-state index contributed by atoms with van der Waals surface area (Å²) in [4.78, 5) is 18.1. The van der Waals surface area contributed by atoms with Gasteiger partial charge >= 0.3 is 6.18 Å². The first kappa shape index (κ1) is 22.9. The number of hydrogen-bond donors (Lipinski definition) is 2. The van der Waals surface area contributed by atoms with E-state index in [2.05, 4.69) is 10.3 Å². The maximum absolute atomic E-state index is 14.7. The molecule has 33 heavy (non-hydrogen) atoms. The number of aromatic nitrogens is 1. The lowest BCUT2D eigenvalue weighted by Gasteiger charge is -2.46. The first-order valence-corrected chi connectivity index (χ1v) is 10.3. The van der Waals surface area contributed by atoms with Gasteiger partial charge in [-0.25, -0.2) is 9.37 Å². The number of alkyl halides is 3. The first-order valence-electron chi connectivity index (χ1n) is 9.85. The van der Waals surface area contributed by atoms with E-state index in [0.717, 1.165) is 23.6 Å². The number of hydrogen-bond acceptors (Lipinski definition) is 5. The van der Waals surface area contributed by atoms with Gasteiger partial charge in [-0.15, -0.1) is 0 Å². The largest absolute Gasteiger partial charge is 0.419 e. The Balaban J connectivity index is 1.79. The van der Waals surface area contributed by atoms with Crippen LogP contribution in [-0.2, 0) is 6.18 Å². The number of pyridine rings is 1. The fraction of sp³-hybridized carbons (Fsp3) is 0.333. The zero-order valence-electron chi connectivity index (χ0n) is 17.1. The molecule has 0 bridgehead atoms. The Labute approximate surface area is 191 Å². The number of halogens is 4. The van der Waals surface area contributed by atoms with E-state index in [-0.39, 0.29) is 22.1 Å². The lowest BCUT2D eigenvalue weighted by molar-refractivity contribution is -0.138. The predicted molar refractivity (Wildman–Crippen MR) is 114 cm³/mol. The van der Waals surface area contributed by atoms with Crippen molar-refractivity contribution in [2.75, 3.05) is 16.8 Å². The zero-order chi connectivity index (χ0) is 24.1. The van der Waals surface area contributed by atoms with Crippen molar-refractivity contribution in [1.29, 1.82) is 5.26 Å². The van der Waals surface area contributed by atoms with Gasteiger partial charge in [0.2, 0.25) is 0 Å². The van der Waals surface area contributed by atoms with E-state index >= 15 is 0 Å². The predicted octanol–water partition coefficient (Wildman–Crippen LogP) is 3.32. The number of aliphatic hydroxyl groups excluding tert-OH is 1. The van der Waals surface area contributed by atoms with Crippen LogP contribution in [0.2, 0.25) is 0 Å². The molecule has 2 heterocycles. The van der Waals surface area contributed by atoms with Gasteiger partial charge in [-0.2, -0.15) is 18.4 Å². The molecule has 172 valence electrons. The number of carbonyl (C=O) groups excluding carboxylic acids is 1. The van der Waals surface area contributed by atoms with Crippen molar-refractivity contribution in [1.82, 2.24) is 10.3 Å². The topological polar surface area (TPSA) is 92.5 Å². The number of nitrogens with zero attached hydrogens (tertiary/aromatic N) is 4. The van der Waals surface area contributed by atoms with Crippen molar-refractivity contribution < 1.29 is 27.5 Å². The molecular weight excluding hydrogens is 462 g/mol. The van der Waals surface area contributed by atoms with E-state index in [9.17, 15) is 27.5 Å². The van der Waals surface area contributed by atoms with Crippen LogP contribution in [0.25, 0.3) is 0 Å². The molecule has 2 fully saturated rings. The standard InChI is InChI=1S/C21H17F4N5O2S/c1-27-17(31)13-4-3-11(8-15(13)22)30-19(33)29(18(32)20(30)5-2-6-20)12-7-14(21(23,24)25)16(9-26)28-10-12/h3-4,7-8,10,18,32H,2,5-6H2,1H3,(H,27,31). The van der Waals surface area contributed by atoms with E-state index < -0.39 is 40.9 Å². The molecule has 1 saturated carbocycles. The molecule has 2 aromatic rings. The SMILES string of the molecule is CNC(=O)c1ccc(N2C(=S)N(c3cnc(C#N)c(C(F)(F)F)c3)C(O)C23CCC3)cc1F. The molecule has 1 aromatic carbocycles. The minimum absolute atomic E-state index is 0.0473. The minimum atomic E-state index is -4.84. The average Bonchev–Trinajstić information content (AvgIpc) is 2.98. The van der Waals surface area contributed by atoms with Crippen LogP contribution in [0.5, 0.6) is 0 Å². The number of thiocarbonyl (C=S) groups is 1. The smallest absolute Gasteiger partial charge is 0.371 e. The summed E-state index contributed by atoms with van der Waals surface area (Å²) in [5, 5.41) is 22.4. The summed E-state index contributed by atoms with van der Waals surface area (Å²) in [7, 11) is 1.36. The van der Waals surface area contributed by atoms with Gasteiger partial charge in [0.05, 0.1) is 28.6 Å². The Morgan fingerprint density at radius 2 is 2.03 bits per heavy atom. The number of nitrogens with one attached hydrogen (secondary N) is 1. The molecule has 1 aliphatic heterocycles. The van der Waals surface area contributed by atoms with E-state index in [1.165, 1.54) is 30.1 Å². The summed E-state index contributed by atoms with van der Waals surface area (Å²) in [6.45, 7) is 0. The second-order valence-corrected chi connectivity index (χ2v) is 8.13. The van der Waals surface area contributed by atoms with Crippen LogP contribution in [-0.4, -0.2) is 39.9 Å². The van der Waals surface area contributed by atoms with Gasteiger partial charge in [-0.1, -0.05) is 0 Å². The Hall–Kier alpha value is -3.30. The number of amides is 1. The quantitative estimate of drug-likeness (QED) is 0.516. The third-order valence-corrected chi connectivity index (χ3v) is 6.41. The highest BCUT2D eigenvalue weighted by atomic mass is 32.1. The molecule has 1 aromatic heterocycles. The zero-order valence-corrected chi connectivity index (χ0v) is 18.0. The molecule has 12 heteroatoms. The van der Waals surface area contributed by atoms with Crippen LogP contribution < -0.4 is 15.1 Å². The monoisotopic (exact) mass is 479 g/mol. The molecule has 7 nitrogen and oxygen atoms in total. The lowest BCUT2D eigenvalue weighted by atomic mass is 9.74. The van der Waals surface area contributed by atoms with Gasteiger partial charge < -0.3 is 15.3 Å². The van der Waals surface area contributed by atoms with Crippen molar-refractivity contribution in [2.45, 2.75) is 37.2 Å². The summed E-state index contributed by atoms with van der Waals surface area (Å²) in [6.07, 6.45) is -3.50. The van der Waals surface area contributed by atoms with Gasteiger partial charge in [-0.3, -0.25) is 9.69 Å². The summed E-state index contributed by atoms with van der Waals surface area (Å²) in [5.41, 5.74) is -3.10. The Morgan fingerprint density at radius 1 is 1.33 bits per heavy atom.